The summed E-state index contributed by atoms with van der Waals surface area (Å²) < 4.78 is 40.6. The van der Waals surface area contributed by atoms with Gasteiger partial charge in [0, 0.05) is 23.0 Å². The van der Waals surface area contributed by atoms with Crippen molar-refractivity contribution in [1.82, 2.24) is 0 Å². The monoisotopic (exact) mass is 395 g/mol. The van der Waals surface area contributed by atoms with Gasteiger partial charge in [-0.15, -0.1) is 0 Å². The number of carbonyl (C=O) groups is 1. The fourth-order valence-electron chi connectivity index (χ4n) is 2.22. The molecule has 3 rings (SSSR count). The van der Waals surface area contributed by atoms with E-state index in [2.05, 4.69) is 10.1 Å². The molecule has 0 spiro atoms. The van der Waals surface area contributed by atoms with Crippen LogP contribution in [0, 0.1) is 0 Å². The van der Waals surface area contributed by atoms with Crippen LogP contribution in [0.25, 0.3) is 0 Å². The van der Waals surface area contributed by atoms with Gasteiger partial charge in [-0.2, -0.15) is 0 Å². The zero-order valence-electron chi connectivity index (χ0n) is 13.6. The van der Waals surface area contributed by atoms with E-state index in [1.54, 1.807) is 18.2 Å². The highest BCUT2D eigenvalue weighted by Crippen LogP contribution is 2.34. The largest absolute Gasteiger partial charge is 0.465 e. The Labute approximate surface area is 155 Å². The third kappa shape index (κ3) is 3.61. The normalized spacial score (nSPS) is 13.4. The molecule has 0 saturated carbocycles. The molecule has 0 atom stereocenters. The van der Waals surface area contributed by atoms with E-state index in [9.17, 15) is 13.2 Å². The van der Waals surface area contributed by atoms with E-state index in [0.29, 0.717) is 22.2 Å². The number of rotatable bonds is 5. The molecule has 0 fully saturated rings. The summed E-state index contributed by atoms with van der Waals surface area (Å²) in [5, 5.41) is 3.15. The number of esters is 1. The molecule has 2 aromatic rings. The third-order valence-corrected chi connectivity index (χ3v) is 5.55. The first-order chi connectivity index (χ1) is 12.4. The highest BCUT2D eigenvalue weighted by atomic mass is 35.5. The Kier molecular flexibility index (Phi) is 5.06. The minimum atomic E-state index is -4.10. The van der Waals surface area contributed by atoms with Crippen LogP contribution in [0.5, 0.6) is 11.5 Å². The van der Waals surface area contributed by atoms with E-state index < -0.39 is 20.7 Å². The Bertz CT molecular complexity index is 969. The summed E-state index contributed by atoms with van der Waals surface area (Å²) in [4.78, 5) is 11.4. The van der Waals surface area contributed by atoms with Crippen LogP contribution in [0.4, 0.5) is 5.69 Å². The second-order valence-electron chi connectivity index (χ2n) is 5.17. The summed E-state index contributed by atoms with van der Waals surface area (Å²) in [5.74, 6) is 0.110. The smallest absolute Gasteiger partial charge is 0.351 e. The number of sulfone groups is 1. The summed E-state index contributed by atoms with van der Waals surface area (Å²) in [7, 11) is -3.00. The van der Waals surface area contributed by atoms with E-state index in [0.717, 1.165) is 13.3 Å². The van der Waals surface area contributed by atoms with E-state index in [-0.39, 0.29) is 11.7 Å². The maximum atomic E-state index is 12.8. The van der Waals surface area contributed by atoms with Gasteiger partial charge < -0.3 is 19.5 Å². The zero-order valence-corrected chi connectivity index (χ0v) is 15.1. The Morgan fingerprint density at radius 1 is 1.15 bits per heavy atom. The molecule has 0 bridgehead atoms. The van der Waals surface area contributed by atoms with Gasteiger partial charge in [0.25, 0.3) is 0 Å². The predicted molar refractivity (Wildman–Crippen MR) is 94.9 cm³/mol. The van der Waals surface area contributed by atoms with Crippen LogP contribution in [0.2, 0.25) is 5.02 Å². The number of ether oxygens (including phenoxy) is 3. The number of methoxy groups -OCH3 is 1. The lowest BCUT2D eigenvalue weighted by Crippen LogP contribution is -2.16. The Morgan fingerprint density at radius 3 is 2.54 bits per heavy atom. The van der Waals surface area contributed by atoms with Crippen molar-refractivity contribution < 1.29 is 27.4 Å². The first-order valence-corrected chi connectivity index (χ1v) is 9.23. The van der Waals surface area contributed by atoms with Crippen molar-refractivity contribution in [2.45, 2.75) is 4.90 Å². The highest BCUT2D eigenvalue weighted by Gasteiger charge is 2.28. The molecule has 1 aliphatic heterocycles. The topological polar surface area (TPSA) is 90.9 Å². The second kappa shape index (κ2) is 7.27. The van der Waals surface area contributed by atoms with Crippen molar-refractivity contribution in [2.24, 2.45) is 0 Å². The number of anilines is 1. The average molecular weight is 396 g/mol. The van der Waals surface area contributed by atoms with Gasteiger partial charge in [0.2, 0.25) is 16.6 Å². The lowest BCUT2D eigenvalue weighted by Gasteiger charge is -2.09. The van der Waals surface area contributed by atoms with E-state index in [1.807, 2.05) is 0 Å². The minimum absolute atomic E-state index is 0.0777. The standard InChI is InChI=1S/C17H14ClNO6S/c1-23-17(20)16(26(21,22)13-5-2-11(18)3-6-13)9-19-12-4-7-14-15(8-12)25-10-24-14/h2-9,19H,10H2,1H3/b16-9-. The second-order valence-corrected chi connectivity index (χ2v) is 7.52. The van der Waals surface area contributed by atoms with Crippen LogP contribution in [0.3, 0.4) is 0 Å². The van der Waals surface area contributed by atoms with Crippen molar-refractivity contribution in [3.8, 4) is 11.5 Å². The molecule has 0 aliphatic carbocycles. The first-order valence-electron chi connectivity index (χ1n) is 7.37. The van der Waals surface area contributed by atoms with Gasteiger partial charge in [0.05, 0.1) is 12.0 Å². The van der Waals surface area contributed by atoms with Gasteiger partial charge in [-0.05, 0) is 36.4 Å². The maximum Gasteiger partial charge on any atom is 0.351 e. The lowest BCUT2D eigenvalue weighted by atomic mass is 10.3. The van der Waals surface area contributed by atoms with Crippen molar-refractivity contribution in [3.05, 3.63) is 58.6 Å². The molecule has 0 unspecified atom stereocenters. The molecule has 2 aromatic carbocycles. The average Bonchev–Trinajstić information content (AvgIpc) is 3.09. The first kappa shape index (κ1) is 18.1. The van der Waals surface area contributed by atoms with Gasteiger partial charge in [-0.1, -0.05) is 11.6 Å². The van der Waals surface area contributed by atoms with Crippen LogP contribution in [0.15, 0.2) is 58.5 Å². The summed E-state index contributed by atoms with van der Waals surface area (Å²) >= 11 is 5.78. The van der Waals surface area contributed by atoms with Gasteiger partial charge >= 0.3 is 5.97 Å². The number of benzene rings is 2. The predicted octanol–water partition coefficient (Wildman–Crippen LogP) is 2.97. The molecule has 26 heavy (non-hydrogen) atoms. The van der Waals surface area contributed by atoms with Crippen LogP contribution in [-0.2, 0) is 19.4 Å². The molecule has 7 nitrogen and oxygen atoms in total. The van der Waals surface area contributed by atoms with Gasteiger partial charge in [-0.3, -0.25) is 0 Å². The summed E-state index contributed by atoms with van der Waals surface area (Å²) in [6, 6.07) is 10.4. The van der Waals surface area contributed by atoms with E-state index in [1.165, 1.54) is 24.3 Å². The summed E-state index contributed by atoms with van der Waals surface area (Å²) in [6.45, 7) is 0.118. The molecule has 0 radical (unpaired) electrons. The molecule has 0 aromatic heterocycles. The number of halogens is 1. The molecule has 9 heteroatoms. The Morgan fingerprint density at radius 2 is 1.85 bits per heavy atom. The number of hydrogen-bond donors (Lipinski definition) is 1. The molecule has 1 heterocycles. The van der Waals surface area contributed by atoms with Crippen LogP contribution in [-0.4, -0.2) is 28.3 Å². The molecule has 1 aliphatic rings. The van der Waals surface area contributed by atoms with Crippen LogP contribution in [0.1, 0.15) is 0 Å². The number of hydrogen-bond acceptors (Lipinski definition) is 7. The molecule has 0 saturated heterocycles. The quantitative estimate of drug-likeness (QED) is 0.614. The van der Waals surface area contributed by atoms with Gasteiger partial charge in [-0.25, -0.2) is 13.2 Å². The van der Waals surface area contributed by atoms with Crippen molar-refractivity contribution in [1.29, 1.82) is 0 Å². The number of carbonyl (C=O) groups excluding carboxylic acids is 1. The fourth-order valence-corrected chi connectivity index (χ4v) is 3.61. The van der Waals surface area contributed by atoms with Gasteiger partial charge in [0.15, 0.2) is 16.4 Å². The van der Waals surface area contributed by atoms with E-state index >= 15 is 0 Å². The van der Waals surface area contributed by atoms with Crippen LogP contribution >= 0.6 is 11.6 Å². The Balaban J connectivity index is 1.94. The van der Waals surface area contributed by atoms with Crippen molar-refractivity contribution in [2.75, 3.05) is 19.2 Å². The molecule has 0 amide bonds. The van der Waals surface area contributed by atoms with Gasteiger partial charge in [0.1, 0.15) is 0 Å². The zero-order chi connectivity index (χ0) is 18.7. The molecular formula is C17H14ClNO6S. The van der Waals surface area contributed by atoms with E-state index in [4.69, 9.17) is 21.1 Å². The third-order valence-electron chi connectivity index (χ3n) is 3.54. The molecule has 1 N–H and O–H groups in total. The fraction of sp³-hybridized carbons (Fsp3) is 0.118. The summed E-state index contributed by atoms with van der Waals surface area (Å²) in [5.41, 5.74) is 0.516. The van der Waals surface area contributed by atoms with Crippen molar-refractivity contribution >= 4 is 33.1 Å². The maximum absolute atomic E-state index is 12.8. The SMILES string of the molecule is COC(=O)/C(=C/Nc1ccc2c(c1)OCO2)S(=O)(=O)c1ccc(Cl)cc1. The van der Waals surface area contributed by atoms with Crippen molar-refractivity contribution in [3.63, 3.8) is 0 Å². The Hall–Kier alpha value is -2.71. The molecular weight excluding hydrogens is 382 g/mol. The minimum Gasteiger partial charge on any atom is -0.465 e. The number of fused-ring (bicyclic) bond motifs is 1. The highest BCUT2D eigenvalue weighted by molar-refractivity contribution is 7.96. The lowest BCUT2D eigenvalue weighted by molar-refractivity contribution is -0.135. The molecule has 136 valence electrons. The summed E-state index contributed by atoms with van der Waals surface area (Å²) in [6.07, 6.45) is 1.08. The van der Waals surface area contributed by atoms with Crippen LogP contribution < -0.4 is 14.8 Å². The number of nitrogens with one attached hydrogen (secondary N) is 1.